The molecule has 5 rings (SSSR count). The Morgan fingerprint density at radius 3 is 2.62 bits per heavy atom. The van der Waals surface area contributed by atoms with Crippen LogP contribution < -0.4 is 20.5 Å². The van der Waals surface area contributed by atoms with Gasteiger partial charge in [-0.3, -0.25) is 4.72 Å². The number of aromatic amines is 1. The number of rotatable bonds is 5. The third kappa shape index (κ3) is 3.63. The van der Waals surface area contributed by atoms with Gasteiger partial charge >= 0.3 is 0 Å². The first-order chi connectivity index (χ1) is 15.3. The Morgan fingerprint density at radius 1 is 1.00 bits per heavy atom. The van der Waals surface area contributed by atoms with Gasteiger partial charge in [-0.05, 0) is 48.5 Å². The van der Waals surface area contributed by atoms with Crippen LogP contribution in [-0.2, 0) is 10.0 Å². The molecule has 32 heavy (non-hydrogen) atoms. The van der Waals surface area contributed by atoms with Crippen LogP contribution in [0, 0.1) is 0 Å². The van der Waals surface area contributed by atoms with Crippen LogP contribution in [0.25, 0.3) is 32.8 Å². The smallest absolute Gasteiger partial charge is 0.229 e. The largest absolute Gasteiger partial charge is 0.494 e. The van der Waals surface area contributed by atoms with Crippen LogP contribution >= 0.6 is 0 Å². The van der Waals surface area contributed by atoms with Gasteiger partial charge in [-0.25, -0.2) is 13.4 Å². The second-order valence-corrected chi connectivity index (χ2v) is 9.35. The van der Waals surface area contributed by atoms with E-state index in [2.05, 4.69) is 15.0 Å². The fraction of sp³-hybridized carbons (Fsp3) is 0.0870. The molecule has 3 aromatic carbocycles. The van der Waals surface area contributed by atoms with E-state index < -0.39 is 10.0 Å². The predicted octanol–water partition coefficient (Wildman–Crippen LogP) is 4.58. The Bertz CT molecular complexity index is 1610. The Morgan fingerprint density at radius 2 is 1.84 bits per heavy atom. The Balaban J connectivity index is 1.63. The third-order valence-corrected chi connectivity index (χ3v) is 5.79. The molecule has 162 valence electrons. The second-order valence-electron chi connectivity index (χ2n) is 7.60. The van der Waals surface area contributed by atoms with Crippen LogP contribution in [-0.4, -0.2) is 31.8 Å². The molecular weight excluding hydrogens is 426 g/mol. The summed E-state index contributed by atoms with van der Waals surface area (Å²) >= 11 is 0. The lowest BCUT2D eigenvalue weighted by Gasteiger charge is -2.14. The molecule has 5 N–H and O–H groups in total. The standard InChI is InChI=1S/C23H21N5O3S/c1-31-21-12-15(28-32(2,29)30)7-9-17(21)25-18-4-3-5-19-22(18)23-20(26-19)11-13-10-14(24)6-8-16(13)27-23/h3-12,25-26,28H,24H2,1-2H3. The van der Waals surface area contributed by atoms with E-state index in [0.29, 0.717) is 22.8 Å². The van der Waals surface area contributed by atoms with Crippen LogP contribution in [0.3, 0.4) is 0 Å². The Hall–Kier alpha value is -3.98. The zero-order valence-corrected chi connectivity index (χ0v) is 18.2. The van der Waals surface area contributed by atoms with E-state index in [-0.39, 0.29) is 0 Å². The number of methoxy groups -OCH3 is 1. The molecule has 0 saturated carbocycles. The number of nitrogens with one attached hydrogen (secondary N) is 3. The highest BCUT2D eigenvalue weighted by molar-refractivity contribution is 7.92. The number of benzene rings is 3. The average Bonchev–Trinajstić information content (AvgIpc) is 3.10. The van der Waals surface area contributed by atoms with Crippen molar-refractivity contribution in [2.75, 3.05) is 29.1 Å². The molecule has 0 aliphatic carbocycles. The highest BCUT2D eigenvalue weighted by Crippen LogP contribution is 2.37. The molecule has 0 bridgehead atoms. The first-order valence-corrected chi connectivity index (χ1v) is 11.7. The van der Waals surface area contributed by atoms with Gasteiger partial charge in [0, 0.05) is 22.5 Å². The maximum atomic E-state index is 11.5. The molecule has 0 saturated heterocycles. The van der Waals surface area contributed by atoms with E-state index in [9.17, 15) is 8.42 Å². The Kier molecular flexibility index (Phi) is 4.56. The normalized spacial score (nSPS) is 11.8. The molecular formula is C23H21N5O3S. The number of hydrogen-bond acceptors (Lipinski definition) is 6. The molecule has 0 aliphatic heterocycles. The highest BCUT2D eigenvalue weighted by Gasteiger charge is 2.14. The van der Waals surface area contributed by atoms with Gasteiger partial charge in [-0.2, -0.15) is 0 Å². The second kappa shape index (κ2) is 7.31. The van der Waals surface area contributed by atoms with Crippen molar-refractivity contribution in [3.8, 4) is 5.75 Å². The topological polar surface area (TPSA) is 122 Å². The lowest BCUT2D eigenvalue weighted by molar-refractivity contribution is 0.417. The molecule has 0 fully saturated rings. The summed E-state index contributed by atoms with van der Waals surface area (Å²) in [6.45, 7) is 0. The first-order valence-electron chi connectivity index (χ1n) is 9.84. The minimum atomic E-state index is -3.39. The molecule has 0 spiro atoms. The van der Waals surface area contributed by atoms with Crippen LogP contribution in [0.5, 0.6) is 5.75 Å². The number of hydrogen-bond donors (Lipinski definition) is 4. The summed E-state index contributed by atoms with van der Waals surface area (Å²) in [4.78, 5) is 8.30. The number of anilines is 4. The summed E-state index contributed by atoms with van der Waals surface area (Å²) in [7, 11) is -1.85. The SMILES string of the molecule is COc1cc(NS(C)(=O)=O)ccc1Nc1cccc2[nH]c3cc4cc(N)ccc4nc3c12. The molecule has 8 nitrogen and oxygen atoms in total. The summed E-state index contributed by atoms with van der Waals surface area (Å²) in [5, 5.41) is 5.32. The average molecular weight is 448 g/mol. The maximum Gasteiger partial charge on any atom is 0.229 e. The van der Waals surface area contributed by atoms with Crippen LogP contribution in [0.1, 0.15) is 0 Å². The van der Waals surface area contributed by atoms with Gasteiger partial charge in [-0.15, -0.1) is 0 Å². The summed E-state index contributed by atoms with van der Waals surface area (Å²) in [5.74, 6) is 0.504. The number of aromatic nitrogens is 2. The molecule has 5 aromatic rings. The van der Waals surface area contributed by atoms with Gasteiger partial charge in [0.2, 0.25) is 10.0 Å². The minimum absolute atomic E-state index is 0.424. The molecule has 0 aliphatic rings. The quantitative estimate of drug-likeness (QED) is 0.293. The first kappa shape index (κ1) is 20.0. The van der Waals surface area contributed by atoms with Crippen molar-refractivity contribution in [1.82, 2.24) is 9.97 Å². The van der Waals surface area contributed by atoms with Crippen molar-refractivity contribution in [2.24, 2.45) is 0 Å². The van der Waals surface area contributed by atoms with Gasteiger partial charge in [0.05, 0.1) is 52.5 Å². The monoisotopic (exact) mass is 447 g/mol. The molecule has 0 radical (unpaired) electrons. The number of fused-ring (bicyclic) bond motifs is 4. The summed E-state index contributed by atoms with van der Waals surface area (Å²) < 4.78 is 31.0. The van der Waals surface area contributed by atoms with Crippen molar-refractivity contribution in [3.05, 3.63) is 60.7 Å². The molecule has 0 amide bonds. The van der Waals surface area contributed by atoms with Crippen LogP contribution in [0.15, 0.2) is 60.7 Å². The molecule has 0 atom stereocenters. The van der Waals surface area contributed by atoms with E-state index in [4.69, 9.17) is 15.5 Å². The van der Waals surface area contributed by atoms with Crippen molar-refractivity contribution < 1.29 is 13.2 Å². The Labute approximate surface area is 184 Å². The van der Waals surface area contributed by atoms with Gasteiger partial charge in [0.15, 0.2) is 0 Å². The van der Waals surface area contributed by atoms with Crippen molar-refractivity contribution in [3.63, 3.8) is 0 Å². The zero-order chi connectivity index (χ0) is 22.5. The van der Waals surface area contributed by atoms with Crippen molar-refractivity contribution in [1.29, 1.82) is 0 Å². The molecule has 0 unspecified atom stereocenters. The molecule has 2 heterocycles. The van der Waals surface area contributed by atoms with E-state index in [1.165, 1.54) is 7.11 Å². The number of nitrogens with zero attached hydrogens (tertiary/aromatic N) is 1. The van der Waals surface area contributed by atoms with Crippen molar-refractivity contribution >= 4 is 65.6 Å². The summed E-state index contributed by atoms with van der Waals surface area (Å²) in [6.07, 6.45) is 1.11. The molecule has 2 aromatic heterocycles. The van der Waals surface area contributed by atoms with Gasteiger partial charge in [0.25, 0.3) is 0 Å². The van der Waals surface area contributed by atoms with Gasteiger partial charge in [0.1, 0.15) is 5.75 Å². The van der Waals surface area contributed by atoms with E-state index >= 15 is 0 Å². The minimum Gasteiger partial charge on any atom is -0.494 e. The number of ether oxygens (including phenoxy) is 1. The third-order valence-electron chi connectivity index (χ3n) is 5.18. The maximum absolute atomic E-state index is 11.5. The predicted molar refractivity (Wildman–Crippen MR) is 130 cm³/mol. The number of nitrogen functional groups attached to an aromatic ring is 1. The van der Waals surface area contributed by atoms with E-state index in [1.54, 1.807) is 18.2 Å². The highest BCUT2D eigenvalue weighted by atomic mass is 32.2. The lowest BCUT2D eigenvalue weighted by Crippen LogP contribution is -2.09. The fourth-order valence-electron chi connectivity index (χ4n) is 3.86. The summed E-state index contributed by atoms with van der Waals surface area (Å²) in [6, 6.07) is 18.7. The number of pyridine rings is 1. The molecule has 9 heteroatoms. The number of sulfonamides is 1. The van der Waals surface area contributed by atoms with Crippen LogP contribution in [0.4, 0.5) is 22.7 Å². The lowest BCUT2D eigenvalue weighted by atomic mass is 10.1. The zero-order valence-electron chi connectivity index (χ0n) is 17.4. The fourth-order valence-corrected chi connectivity index (χ4v) is 4.41. The summed E-state index contributed by atoms with van der Waals surface area (Å²) in [5.41, 5.74) is 12.1. The van der Waals surface area contributed by atoms with Crippen LogP contribution in [0.2, 0.25) is 0 Å². The van der Waals surface area contributed by atoms with Gasteiger partial charge in [-0.1, -0.05) is 6.07 Å². The van der Waals surface area contributed by atoms with E-state index in [0.717, 1.165) is 44.8 Å². The number of H-pyrrole nitrogens is 1. The van der Waals surface area contributed by atoms with E-state index in [1.807, 2.05) is 42.5 Å². The van der Waals surface area contributed by atoms with Crippen molar-refractivity contribution in [2.45, 2.75) is 0 Å². The number of nitrogens with two attached hydrogens (primary N) is 1. The van der Waals surface area contributed by atoms with Gasteiger partial charge < -0.3 is 20.8 Å².